The predicted molar refractivity (Wildman–Crippen MR) is 79.4 cm³/mol. The zero-order valence-electron chi connectivity index (χ0n) is 12.8. The van der Waals surface area contributed by atoms with Gasteiger partial charge in [0.15, 0.2) is 0 Å². The van der Waals surface area contributed by atoms with Gasteiger partial charge in [0.1, 0.15) is 0 Å². The number of hydrogen-bond donors (Lipinski definition) is 1. The molecule has 0 aliphatic rings. The highest BCUT2D eigenvalue weighted by molar-refractivity contribution is 7.48. The summed E-state index contributed by atoms with van der Waals surface area (Å²) in [6.45, 7) is 3.81. The molecular formula is C14H29O5P. The molecule has 0 amide bonds. The molecule has 1 N–H and O–H groups in total. The second kappa shape index (κ2) is 12.4. The minimum atomic E-state index is -4.18. The number of hydrogen-bond acceptors (Lipinski definition) is 4. The molecule has 0 saturated carbocycles. The first-order valence-electron chi connectivity index (χ1n) is 7.71. The predicted octanol–water partition coefficient (Wildman–Crippen LogP) is 4.59. The van der Waals surface area contributed by atoms with E-state index in [2.05, 4.69) is 16.0 Å². The van der Waals surface area contributed by atoms with Crippen LogP contribution in [0.5, 0.6) is 0 Å². The molecule has 0 bridgehead atoms. The van der Waals surface area contributed by atoms with E-state index in [-0.39, 0.29) is 13.0 Å². The van der Waals surface area contributed by atoms with Gasteiger partial charge in [-0.3, -0.25) is 14.2 Å². The summed E-state index contributed by atoms with van der Waals surface area (Å²) in [5, 5.41) is 0. The standard InChI is InChI=1S/C14H29O5P/c1-3-5-6-7-8-9-10-11-12-13-14(15)19-20(16,17)18-4-2/h3-13H2,1-2H3,(H,16,17). The molecule has 0 radical (unpaired) electrons. The summed E-state index contributed by atoms with van der Waals surface area (Å²) < 4.78 is 20.0. The molecule has 6 heteroatoms. The minimum absolute atomic E-state index is 0.0408. The van der Waals surface area contributed by atoms with Gasteiger partial charge >= 0.3 is 13.8 Å². The molecular weight excluding hydrogens is 279 g/mol. The molecule has 0 rings (SSSR count). The summed E-state index contributed by atoms with van der Waals surface area (Å²) in [7, 11) is -4.18. The van der Waals surface area contributed by atoms with Crippen molar-refractivity contribution in [3.8, 4) is 0 Å². The van der Waals surface area contributed by atoms with E-state index >= 15 is 0 Å². The van der Waals surface area contributed by atoms with E-state index in [1.54, 1.807) is 6.92 Å². The molecule has 0 heterocycles. The Morgan fingerprint density at radius 3 is 1.95 bits per heavy atom. The fraction of sp³-hybridized carbons (Fsp3) is 0.929. The molecule has 0 aromatic heterocycles. The molecule has 1 atom stereocenters. The van der Waals surface area contributed by atoms with Crippen molar-refractivity contribution in [3.63, 3.8) is 0 Å². The van der Waals surface area contributed by atoms with Crippen molar-refractivity contribution in [1.29, 1.82) is 0 Å². The lowest BCUT2D eigenvalue weighted by atomic mass is 10.1. The summed E-state index contributed by atoms with van der Waals surface area (Å²) in [5.41, 5.74) is 0. The monoisotopic (exact) mass is 308 g/mol. The van der Waals surface area contributed by atoms with Crippen molar-refractivity contribution in [2.24, 2.45) is 0 Å². The lowest BCUT2D eigenvalue weighted by Gasteiger charge is -2.10. The first-order chi connectivity index (χ1) is 9.52. The lowest BCUT2D eigenvalue weighted by Crippen LogP contribution is -2.04. The smallest absolute Gasteiger partial charge is 0.371 e. The molecule has 0 saturated heterocycles. The van der Waals surface area contributed by atoms with Crippen LogP contribution in [0.25, 0.3) is 0 Å². The van der Waals surface area contributed by atoms with Gasteiger partial charge in [-0.1, -0.05) is 58.3 Å². The van der Waals surface area contributed by atoms with Gasteiger partial charge in [0.25, 0.3) is 0 Å². The van der Waals surface area contributed by atoms with Crippen molar-refractivity contribution < 1.29 is 23.3 Å². The maximum atomic E-state index is 11.3. The van der Waals surface area contributed by atoms with Crippen LogP contribution in [-0.4, -0.2) is 17.5 Å². The fourth-order valence-corrected chi connectivity index (χ4v) is 2.67. The second-order valence-corrected chi connectivity index (χ2v) is 6.31. The van der Waals surface area contributed by atoms with Crippen molar-refractivity contribution in [2.45, 2.75) is 78.1 Å². The van der Waals surface area contributed by atoms with Crippen LogP contribution in [0.15, 0.2) is 0 Å². The van der Waals surface area contributed by atoms with E-state index in [0.29, 0.717) is 6.42 Å². The molecule has 0 spiro atoms. The lowest BCUT2D eigenvalue weighted by molar-refractivity contribution is -0.136. The summed E-state index contributed by atoms with van der Waals surface area (Å²) in [4.78, 5) is 20.4. The number of unbranched alkanes of at least 4 members (excludes halogenated alkanes) is 8. The highest BCUT2D eigenvalue weighted by atomic mass is 31.2. The van der Waals surface area contributed by atoms with Crippen molar-refractivity contribution >= 4 is 13.8 Å². The average Bonchev–Trinajstić information content (AvgIpc) is 2.36. The van der Waals surface area contributed by atoms with Gasteiger partial charge in [0.2, 0.25) is 0 Å². The molecule has 0 aromatic carbocycles. The second-order valence-electron chi connectivity index (χ2n) is 4.93. The molecule has 0 aliphatic heterocycles. The van der Waals surface area contributed by atoms with Crippen molar-refractivity contribution in [3.05, 3.63) is 0 Å². The summed E-state index contributed by atoms with van der Waals surface area (Å²) in [6, 6.07) is 0. The topological polar surface area (TPSA) is 72.8 Å². The first kappa shape index (κ1) is 19.6. The Balaban J connectivity index is 3.42. The van der Waals surface area contributed by atoms with Crippen LogP contribution in [-0.2, 0) is 18.4 Å². The number of carbonyl (C=O) groups is 1. The van der Waals surface area contributed by atoms with E-state index in [0.717, 1.165) is 12.8 Å². The van der Waals surface area contributed by atoms with E-state index in [1.165, 1.54) is 38.5 Å². The van der Waals surface area contributed by atoms with Crippen LogP contribution < -0.4 is 0 Å². The SMILES string of the molecule is CCCCCCCCCCCC(=O)OP(=O)(O)OCC. The van der Waals surface area contributed by atoms with Crippen LogP contribution in [0, 0.1) is 0 Å². The van der Waals surface area contributed by atoms with Gasteiger partial charge in [0, 0.05) is 6.42 Å². The maximum Gasteiger partial charge on any atom is 0.529 e. The maximum absolute atomic E-state index is 11.3. The fourth-order valence-electron chi connectivity index (χ4n) is 1.94. The Hall–Kier alpha value is -0.380. The Morgan fingerprint density at radius 1 is 0.950 bits per heavy atom. The summed E-state index contributed by atoms with van der Waals surface area (Å²) in [6.07, 6.45) is 10.5. The highest BCUT2D eigenvalue weighted by Crippen LogP contribution is 2.43. The minimum Gasteiger partial charge on any atom is -0.371 e. The number of phosphoric acid groups is 1. The van der Waals surface area contributed by atoms with Gasteiger partial charge < -0.3 is 4.52 Å². The Bertz CT molecular complexity index is 293. The van der Waals surface area contributed by atoms with E-state index < -0.39 is 13.8 Å². The average molecular weight is 308 g/mol. The third-order valence-electron chi connectivity index (χ3n) is 2.99. The van der Waals surface area contributed by atoms with E-state index in [4.69, 9.17) is 4.89 Å². The molecule has 0 aliphatic carbocycles. The van der Waals surface area contributed by atoms with Crippen LogP contribution >= 0.6 is 7.82 Å². The summed E-state index contributed by atoms with van der Waals surface area (Å²) in [5.74, 6) is -0.660. The number of carbonyl (C=O) groups excluding carboxylic acids is 1. The first-order valence-corrected chi connectivity index (χ1v) is 9.21. The van der Waals surface area contributed by atoms with Crippen LogP contribution in [0.3, 0.4) is 0 Å². The van der Waals surface area contributed by atoms with Crippen LogP contribution in [0.2, 0.25) is 0 Å². The van der Waals surface area contributed by atoms with E-state index in [9.17, 15) is 9.36 Å². The molecule has 1 unspecified atom stereocenters. The summed E-state index contributed by atoms with van der Waals surface area (Å²) >= 11 is 0. The molecule has 120 valence electrons. The van der Waals surface area contributed by atoms with Crippen molar-refractivity contribution in [2.75, 3.05) is 6.61 Å². The highest BCUT2D eigenvalue weighted by Gasteiger charge is 2.24. The van der Waals surface area contributed by atoms with Gasteiger partial charge in [-0.25, -0.2) is 4.57 Å². The number of rotatable bonds is 13. The number of phosphoric ester groups is 1. The van der Waals surface area contributed by atoms with Crippen LogP contribution in [0.1, 0.15) is 78.1 Å². The van der Waals surface area contributed by atoms with Gasteiger partial charge in [-0.15, -0.1) is 0 Å². The Morgan fingerprint density at radius 2 is 1.45 bits per heavy atom. The van der Waals surface area contributed by atoms with Crippen molar-refractivity contribution in [1.82, 2.24) is 0 Å². The third-order valence-corrected chi connectivity index (χ3v) is 4.01. The van der Waals surface area contributed by atoms with E-state index in [1.807, 2.05) is 0 Å². The molecule has 5 nitrogen and oxygen atoms in total. The van der Waals surface area contributed by atoms with Gasteiger partial charge in [0.05, 0.1) is 6.61 Å². The Labute approximate surface area is 122 Å². The van der Waals surface area contributed by atoms with Gasteiger partial charge in [-0.2, -0.15) is 0 Å². The Kier molecular flexibility index (Phi) is 12.1. The molecule has 0 aromatic rings. The van der Waals surface area contributed by atoms with Gasteiger partial charge in [-0.05, 0) is 13.3 Å². The molecule has 20 heavy (non-hydrogen) atoms. The molecule has 0 fully saturated rings. The zero-order valence-corrected chi connectivity index (χ0v) is 13.7. The largest absolute Gasteiger partial charge is 0.529 e. The quantitative estimate of drug-likeness (QED) is 0.398. The zero-order chi connectivity index (χ0) is 15.3. The third kappa shape index (κ3) is 12.6. The van der Waals surface area contributed by atoms with Crippen LogP contribution in [0.4, 0.5) is 0 Å². The normalized spacial score (nSPS) is 13.9.